The van der Waals surface area contributed by atoms with Gasteiger partial charge < -0.3 is 9.47 Å². The van der Waals surface area contributed by atoms with Gasteiger partial charge in [0.1, 0.15) is 11.7 Å². The van der Waals surface area contributed by atoms with Crippen LogP contribution in [0.2, 0.25) is 0 Å². The summed E-state index contributed by atoms with van der Waals surface area (Å²) >= 11 is 1.55. The fourth-order valence-corrected chi connectivity index (χ4v) is 5.95. The number of nitrogens with zero attached hydrogens (tertiary/aromatic N) is 3. The molecule has 0 spiro atoms. The topological polar surface area (TPSA) is 115 Å². The first-order valence-electron chi connectivity index (χ1n) is 12.0. The molecule has 2 saturated carbocycles. The lowest BCUT2D eigenvalue weighted by atomic mass is 9.77. The van der Waals surface area contributed by atoms with Crippen LogP contribution in [-0.2, 0) is 21.3 Å². The summed E-state index contributed by atoms with van der Waals surface area (Å²) < 4.78 is 27.1. The Labute approximate surface area is 213 Å². The van der Waals surface area contributed by atoms with Crippen molar-refractivity contribution in [2.45, 2.75) is 102 Å². The number of amides is 1. The van der Waals surface area contributed by atoms with E-state index in [9.17, 15) is 9.00 Å². The molecule has 0 aliphatic heterocycles. The van der Waals surface area contributed by atoms with Crippen LogP contribution in [0, 0.1) is 0 Å². The van der Waals surface area contributed by atoms with E-state index in [1.807, 2.05) is 27.0 Å². The van der Waals surface area contributed by atoms with Crippen molar-refractivity contribution in [3.05, 3.63) is 29.0 Å². The van der Waals surface area contributed by atoms with Crippen LogP contribution in [0.3, 0.4) is 0 Å². The lowest BCUT2D eigenvalue weighted by molar-refractivity contribution is 0.0634. The van der Waals surface area contributed by atoms with Crippen molar-refractivity contribution in [1.29, 1.82) is 0 Å². The van der Waals surface area contributed by atoms with Crippen molar-refractivity contribution in [3.8, 4) is 5.19 Å². The smallest absolute Gasteiger partial charge is 0.414 e. The second kappa shape index (κ2) is 9.74. The summed E-state index contributed by atoms with van der Waals surface area (Å²) in [6.07, 6.45) is 9.60. The Morgan fingerprint density at radius 2 is 1.74 bits per heavy atom. The van der Waals surface area contributed by atoms with Crippen LogP contribution in [0.1, 0.15) is 90.0 Å². The molecule has 9 nitrogen and oxygen atoms in total. The molecule has 11 heteroatoms. The number of carbonyl (C=O) groups excluding carboxylic acids is 1. The summed E-state index contributed by atoms with van der Waals surface area (Å²) in [6, 6.07) is 0. The van der Waals surface area contributed by atoms with Crippen molar-refractivity contribution in [2.75, 3.05) is 5.32 Å². The Balaban J connectivity index is 1.28. The van der Waals surface area contributed by atoms with Gasteiger partial charge in [-0.2, -0.15) is 0 Å². The number of hydrogen-bond donors (Lipinski definition) is 2. The average Bonchev–Trinajstić information content (AvgIpc) is 3.14. The Hall–Kier alpha value is -2.11. The molecule has 2 fully saturated rings. The summed E-state index contributed by atoms with van der Waals surface area (Å²) in [6.45, 7) is 11.3. The minimum Gasteiger partial charge on any atom is -0.467 e. The molecule has 2 aliphatic carbocycles. The standard InChI is InChI=1S/C24H35N5O4S2/c1-22(2,3)33-20(30)28-19-25-12-16(13-26-19)15-10-17(11-15)32-21-27-14-18(34-21)24(8-7-9-24)29-35(31)23(4,5)6/h12-15,17,29H,7-11H2,1-6H3,(H,25,26,28,30). The second-order valence-corrected chi connectivity index (χ2v) is 14.2. The third-order valence-electron chi connectivity index (χ3n) is 6.13. The molecule has 1 atom stereocenters. The van der Waals surface area contributed by atoms with Crippen LogP contribution in [0.5, 0.6) is 5.19 Å². The Bertz CT molecular complexity index is 1060. The minimum atomic E-state index is -1.14. The minimum absolute atomic E-state index is 0.0903. The second-order valence-electron chi connectivity index (χ2n) is 11.3. The summed E-state index contributed by atoms with van der Waals surface area (Å²) in [5.41, 5.74) is 0.178. The van der Waals surface area contributed by atoms with E-state index < -0.39 is 22.7 Å². The lowest BCUT2D eigenvalue weighted by Crippen LogP contribution is -2.51. The number of aromatic nitrogens is 3. The number of ether oxygens (including phenoxy) is 2. The highest BCUT2D eigenvalue weighted by Gasteiger charge is 2.43. The van der Waals surface area contributed by atoms with E-state index in [0.29, 0.717) is 11.1 Å². The van der Waals surface area contributed by atoms with Crippen LogP contribution < -0.4 is 14.8 Å². The molecule has 2 N–H and O–H groups in total. The molecule has 4 rings (SSSR count). The molecule has 2 aromatic rings. The van der Waals surface area contributed by atoms with Gasteiger partial charge in [0, 0.05) is 23.5 Å². The van der Waals surface area contributed by atoms with Crippen molar-refractivity contribution >= 4 is 34.4 Å². The van der Waals surface area contributed by atoms with Gasteiger partial charge in [0.15, 0.2) is 0 Å². The molecule has 192 valence electrons. The fourth-order valence-electron chi connectivity index (χ4n) is 3.88. The maximum absolute atomic E-state index is 12.7. The molecule has 35 heavy (non-hydrogen) atoms. The summed E-state index contributed by atoms with van der Waals surface area (Å²) in [5, 5.41) is 3.21. The Morgan fingerprint density at radius 3 is 2.29 bits per heavy atom. The van der Waals surface area contributed by atoms with E-state index in [1.165, 1.54) is 0 Å². The fraction of sp³-hybridized carbons (Fsp3) is 0.667. The number of rotatable bonds is 7. The first-order valence-corrected chi connectivity index (χ1v) is 13.9. The van der Waals surface area contributed by atoms with E-state index in [0.717, 1.165) is 42.5 Å². The van der Waals surface area contributed by atoms with Gasteiger partial charge in [0.25, 0.3) is 5.19 Å². The van der Waals surface area contributed by atoms with Gasteiger partial charge in [-0.15, -0.1) is 0 Å². The first-order chi connectivity index (χ1) is 16.3. The van der Waals surface area contributed by atoms with Gasteiger partial charge in [-0.05, 0) is 85.1 Å². The van der Waals surface area contributed by atoms with Crippen molar-refractivity contribution in [1.82, 2.24) is 19.7 Å². The molecule has 2 aromatic heterocycles. The zero-order valence-corrected chi connectivity index (χ0v) is 22.8. The van der Waals surface area contributed by atoms with Crippen LogP contribution in [0.25, 0.3) is 0 Å². The van der Waals surface area contributed by atoms with Gasteiger partial charge in [-0.3, -0.25) is 5.32 Å². The number of thiazole rings is 1. The van der Waals surface area contributed by atoms with E-state index in [1.54, 1.807) is 44.5 Å². The Kier molecular flexibility index (Phi) is 7.23. The molecule has 0 aromatic carbocycles. The largest absolute Gasteiger partial charge is 0.467 e. The van der Waals surface area contributed by atoms with E-state index in [4.69, 9.17) is 9.47 Å². The molecule has 0 saturated heterocycles. The monoisotopic (exact) mass is 521 g/mol. The van der Waals surface area contributed by atoms with Gasteiger partial charge in [-0.25, -0.2) is 28.7 Å². The first kappa shape index (κ1) is 26.0. The maximum atomic E-state index is 12.7. The number of anilines is 1. The summed E-state index contributed by atoms with van der Waals surface area (Å²) in [5.74, 6) is 0.528. The molecule has 1 amide bonds. The SMILES string of the molecule is CC(C)(C)OC(=O)Nc1ncc(C2CC(Oc3ncc(C4(NS(=O)C(C)(C)C)CCC4)s3)C2)cn1. The third kappa shape index (κ3) is 6.37. The van der Waals surface area contributed by atoms with Gasteiger partial charge in [-0.1, -0.05) is 11.3 Å². The lowest BCUT2D eigenvalue weighted by Gasteiger charge is -2.42. The third-order valence-corrected chi connectivity index (χ3v) is 8.91. The van der Waals surface area contributed by atoms with Crippen LogP contribution in [-0.4, -0.2) is 41.7 Å². The highest BCUT2D eigenvalue weighted by molar-refractivity contribution is 7.84. The average molecular weight is 522 g/mol. The molecule has 2 aliphatic rings. The van der Waals surface area contributed by atoms with Gasteiger partial charge in [0.2, 0.25) is 5.95 Å². The van der Waals surface area contributed by atoms with Crippen molar-refractivity contribution in [3.63, 3.8) is 0 Å². The maximum Gasteiger partial charge on any atom is 0.414 e. The van der Waals surface area contributed by atoms with Crippen molar-refractivity contribution in [2.24, 2.45) is 0 Å². The highest BCUT2D eigenvalue weighted by atomic mass is 32.2. The number of hydrogen-bond acceptors (Lipinski definition) is 8. The van der Waals surface area contributed by atoms with E-state index in [-0.39, 0.29) is 22.3 Å². The zero-order valence-electron chi connectivity index (χ0n) is 21.2. The summed E-state index contributed by atoms with van der Waals surface area (Å²) in [4.78, 5) is 25.9. The predicted molar refractivity (Wildman–Crippen MR) is 137 cm³/mol. The predicted octanol–water partition coefficient (Wildman–Crippen LogP) is 5.04. The Morgan fingerprint density at radius 1 is 1.09 bits per heavy atom. The van der Waals surface area contributed by atoms with Crippen LogP contribution in [0.4, 0.5) is 10.7 Å². The van der Waals surface area contributed by atoms with Gasteiger partial charge >= 0.3 is 6.09 Å². The number of carbonyl (C=O) groups is 1. The van der Waals surface area contributed by atoms with Crippen LogP contribution in [0.15, 0.2) is 18.6 Å². The normalized spacial score (nSPS) is 22.5. The van der Waals surface area contributed by atoms with Crippen LogP contribution >= 0.6 is 11.3 Å². The summed E-state index contributed by atoms with van der Waals surface area (Å²) in [7, 11) is -1.14. The molecule has 2 heterocycles. The molecule has 0 bridgehead atoms. The number of nitrogens with one attached hydrogen (secondary N) is 2. The van der Waals surface area contributed by atoms with E-state index >= 15 is 0 Å². The van der Waals surface area contributed by atoms with Gasteiger partial charge in [0.05, 0.1) is 21.3 Å². The molecule has 1 unspecified atom stereocenters. The van der Waals surface area contributed by atoms with E-state index in [2.05, 4.69) is 25.0 Å². The van der Waals surface area contributed by atoms with Crippen molar-refractivity contribution < 1.29 is 18.5 Å². The zero-order chi connectivity index (χ0) is 25.4. The molecular weight excluding hydrogens is 486 g/mol. The molecule has 0 radical (unpaired) electrons. The quantitative estimate of drug-likeness (QED) is 0.525. The highest BCUT2D eigenvalue weighted by Crippen LogP contribution is 2.46. The molecular formula is C24H35N5O4S2.